The van der Waals surface area contributed by atoms with Crippen LogP contribution in [-0.2, 0) is 33.5 Å². The smallest absolute Gasteiger partial charge is 0.252 e. The van der Waals surface area contributed by atoms with Crippen molar-refractivity contribution in [3.63, 3.8) is 0 Å². The Hall–Kier alpha value is -13.9. The van der Waals surface area contributed by atoms with Gasteiger partial charge < -0.3 is 28.1 Å². The summed E-state index contributed by atoms with van der Waals surface area (Å²) in [5, 5.41) is 6.66. The van der Waals surface area contributed by atoms with Crippen molar-refractivity contribution < 1.29 is 8.83 Å². The molecule has 0 unspecified atom stereocenters. The van der Waals surface area contributed by atoms with Gasteiger partial charge in [-0.2, -0.15) is 0 Å². The first kappa shape index (κ1) is 80.2. The van der Waals surface area contributed by atoms with Crippen LogP contribution in [0.25, 0.3) is 138 Å². The van der Waals surface area contributed by atoms with Crippen molar-refractivity contribution >= 4 is 134 Å². The SMILES string of the molecule is C=CCc1cc(C(C)(C)C)ccc1N(C)c1ccc2c(c1)N(c1c(-c3ccccc3)cc(C(C)(C)C)cc1-c1ccccc1)c1cc(-c3cc(-c4ccc5oc6ccccc6c5c4)c4oc5ccccc5c4c3)cc3c1B2c1ccc(-n2c4ccc(C(C)(C)C)cc4c4cc(C(C)(C)C)ccc42)cc1N3c1c(-c2ccccc2)cc(C(C)(C)C)cc1-c1ccccc1. The van der Waals surface area contributed by atoms with Crippen molar-refractivity contribution in [3.05, 3.63) is 374 Å². The Morgan fingerprint density at radius 3 is 1.22 bits per heavy atom. The van der Waals surface area contributed by atoms with Crippen molar-refractivity contribution in [3.8, 4) is 72.4 Å². The van der Waals surface area contributed by atoms with Crippen LogP contribution in [0.3, 0.4) is 0 Å². The van der Waals surface area contributed by atoms with Gasteiger partial charge in [0.05, 0.1) is 22.4 Å². The molecular formula is C120H107BN4O2. The van der Waals surface area contributed by atoms with Gasteiger partial charge in [-0.25, -0.2) is 0 Å². The fourth-order valence-corrected chi connectivity index (χ4v) is 20.1. The van der Waals surface area contributed by atoms with Crippen molar-refractivity contribution in [1.29, 1.82) is 0 Å². The summed E-state index contributed by atoms with van der Waals surface area (Å²) in [5.74, 6) is 0. The molecule has 19 aromatic rings. The molecule has 16 aromatic carbocycles. The molecule has 3 aromatic heterocycles. The topological polar surface area (TPSA) is 40.9 Å². The lowest BCUT2D eigenvalue weighted by Crippen LogP contribution is -2.61. The Morgan fingerprint density at radius 2 is 0.732 bits per heavy atom. The molecule has 0 atom stereocenters. The maximum atomic E-state index is 7.27. The monoisotopic (exact) mass is 1650 g/mol. The summed E-state index contributed by atoms with van der Waals surface area (Å²) in [7, 11) is 2.26. The van der Waals surface area contributed by atoms with Crippen LogP contribution in [0.2, 0.25) is 0 Å². The van der Waals surface area contributed by atoms with E-state index in [1.807, 2.05) is 0 Å². The van der Waals surface area contributed by atoms with E-state index >= 15 is 0 Å². The number of benzene rings is 16. The van der Waals surface area contributed by atoms with Gasteiger partial charge in [-0.05, 0) is 250 Å². The highest BCUT2D eigenvalue weighted by molar-refractivity contribution is 7.00. The number of hydrogen-bond acceptors (Lipinski definition) is 5. The molecule has 0 saturated heterocycles. The Balaban J connectivity index is 0.964. The molecule has 0 fully saturated rings. The zero-order valence-corrected chi connectivity index (χ0v) is 75.9. The average Bonchev–Trinajstić information content (AvgIpc) is 0.898. The van der Waals surface area contributed by atoms with Crippen molar-refractivity contribution in [2.24, 2.45) is 0 Å². The van der Waals surface area contributed by atoms with Crippen LogP contribution in [0.15, 0.2) is 349 Å². The molecule has 5 heterocycles. The van der Waals surface area contributed by atoms with E-state index in [0.29, 0.717) is 6.42 Å². The molecule has 0 saturated carbocycles. The zero-order chi connectivity index (χ0) is 87.6. The molecular weight excluding hydrogens is 1540 g/mol. The quantitative estimate of drug-likeness (QED) is 0.0850. The summed E-state index contributed by atoms with van der Waals surface area (Å²) in [6, 6.07) is 125. The first-order valence-corrected chi connectivity index (χ1v) is 45.1. The number of furan rings is 2. The van der Waals surface area contributed by atoms with E-state index in [1.165, 1.54) is 60.5 Å². The van der Waals surface area contributed by atoms with E-state index < -0.39 is 0 Å². The number of nitrogens with zero attached hydrogens (tertiary/aromatic N) is 4. The lowest BCUT2D eigenvalue weighted by Gasteiger charge is -2.46. The largest absolute Gasteiger partial charge is 0.456 e. The van der Waals surface area contributed by atoms with Crippen LogP contribution in [0.1, 0.15) is 137 Å². The molecule has 2 aliphatic heterocycles. The van der Waals surface area contributed by atoms with E-state index in [1.54, 1.807) is 0 Å². The molecule has 0 amide bonds. The number of para-hydroxylation sites is 2. The van der Waals surface area contributed by atoms with Crippen molar-refractivity contribution in [2.45, 2.75) is 137 Å². The first-order valence-electron chi connectivity index (χ1n) is 45.1. The van der Waals surface area contributed by atoms with Gasteiger partial charge in [-0.1, -0.05) is 310 Å². The van der Waals surface area contributed by atoms with Crippen LogP contribution in [0.5, 0.6) is 0 Å². The molecule has 0 bridgehead atoms. The third-order valence-corrected chi connectivity index (χ3v) is 27.1. The van der Waals surface area contributed by atoms with Gasteiger partial charge in [0.15, 0.2) is 0 Å². The molecule has 622 valence electrons. The Morgan fingerprint density at radius 1 is 0.315 bits per heavy atom. The Bertz CT molecular complexity index is 7460. The van der Waals surface area contributed by atoms with Crippen LogP contribution in [-0.4, -0.2) is 18.3 Å². The highest BCUT2D eigenvalue weighted by Crippen LogP contribution is 2.57. The minimum Gasteiger partial charge on any atom is -0.456 e. The molecule has 0 spiro atoms. The van der Waals surface area contributed by atoms with Crippen molar-refractivity contribution in [1.82, 2.24) is 4.57 Å². The van der Waals surface area contributed by atoms with Gasteiger partial charge in [-0.15, -0.1) is 6.58 Å². The van der Waals surface area contributed by atoms with E-state index in [2.05, 4.69) is 470 Å². The summed E-state index contributed by atoms with van der Waals surface area (Å²) < 4.78 is 16.5. The molecule has 0 radical (unpaired) electrons. The van der Waals surface area contributed by atoms with Crippen LogP contribution < -0.4 is 31.1 Å². The lowest BCUT2D eigenvalue weighted by molar-refractivity contribution is 0.589. The third-order valence-electron chi connectivity index (χ3n) is 27.1. The highest BCUT2D eigenvalue weighted by Gasteiger charge is 2.47. The summed E-state index contributed by atoms with van der Waals surface area (Å²) in [4.78, 5) is 7.90. The molecule has 0 N–H and O–H groups in total. The normalized spacial score (nSPS) is 13.1. The molecule has 6 nitrogen and oxygen atoms in total. The molecule has 7 heteroatoms. The lowest BCUT2D eigenvalue weighted by atomic mass is 9.33. The summed E-state index contributed by atoms with van der Waals surface area (Å²) in [5.41, 5.74) is 38.7. The fourth-order valence-electron chi connectivity index (χ4n) is 20.1. The second-order valence-electron chi connectivity index (χ2n) is 40.6. The van der Waals surface area contributed by atoms with E-state index in [-0.39, 0.29) is 33.8 Å². The number of anilines is 8. The zero-order valence-electron chi connectivity index (χ0n) is 75.9. The maximum Gasteiger partial charge on any atom is 0.252 e. The predicted molar refractivity (Wildman–Crippen MR) is 544 cm³/mol. The van der Waals surface area contributed by atoms with Gasteiger partial charge in [0.25, 0.3) is 6.71 Å². The second-order valence-corrected chi connectivity index (χ2v) is 40.6. The molecule has 21 rings (SSSR count). The van der Waals surface area contributed by atoms with Gasteiger partial charge in [0.1, 0.15) is 22.3 Å². The molecule has 2 aliphatic rings. The third kappa shape index (κ3) is 13.7. The minimum atomic E-state index is -0.357. The second kappa shape index (κ2) is 29.9. The number of rotatable bonds is 13. The molecule has 127 heavy (non-hydrogen) atoms. The van der Waals surface area contributed by atoms with Gasteiger partial charge >= 0.3 is 0 Å². The first-order chi connectivity index (χ1) is 61.0. The summed E-state index contributed by atoms with van der Waals surface area (Å²) in [6.07, 6.45) is 2.76. The molecule has 0 aliphatic carbocycles. The number of fused-ring (bicyclic) bond motifs is 13. The summed E-state index contributed by atoms with van der Waals surface area (Å²) in [6.45, 7) is 39.1. The van der Waals surface area contributed by atoms with Gasteiger partial charge in [0, 0.05) is 107 Å². The standard InChI is InChI=1S/C120H107BN4O2/c1-18-35-79-60-82(116(2,3)4)49-56-102(79)122(17)87-52-54-100-105(72-87)124(113-91(74-36-23-19-24-37-74)68-85(119(11,12)13)69-92(113)75-38-25-20-26-39-75)107-64-81(80-62-95(115-99(63-80)90-45-32-34-47-110(90)127-115)78-48-59-111-98(61-78)89-44-31-33-46-109(89)126-111)65-108-112(107)121(100)101-55-53-88(123-103-57-50-83(117(5,6)7)66-96(103)97-67-84(118(8,9)10)51-58-104(97)123)73-106(101)125(108)114-93(76-40-27-21-28-41-76)70-86(120(14,15)16)71-94(114)77-42-29-22-30-43-77/h18-34,36-73H,1,35H2,2-17H3. The van der Waals surface area contributed by atoms with Gasteiger partial charge in [0.2, 0.25) is 0 Å². The minimum absolute atomic E-state index is 0.0755. The summed E-state index contributed by atoms with van der Waals surface area (Å²) >= 11 is 0. The Kier molecular flexibility index (Phi) is 18.9. The highest BCUT2D eigenvalue weighted by atomic mass is 16.3. The number of aromatic nitrogens is 1. The van der Waals surface area contributed by atoms with E-state index in [4.69, 9.17) is 8.83 Å². The predicted octanol–water partition coefficient (Wildman–Crippen LogP) is 31.7. The number of hydrogen-bond donors (Lipinski definition) is 0. The van der Waals surface area contributed by atoms with E-state index in [0.717, 1.165) is 173 Å². The number of allylic oxidation sites excluding steroid dienone is 1. The van der Waals surface area contributed by atoms with Crippen molar-refractivity contribution in [2.75, 3.05) is 21.7 Å². The van der Waals surface area contributed by atoms with E-state index in [9.17, 15) is 0 Å². The van der Waals surface area contributed by atoms with Gasteiger partial charge in [-0.3, -0.25) is 0 Å². The van der Waals surface area contributed by atoms with Crippen LogP contribution in [0, 0.1) is 0 Å². The van der Waals surface area contributed by atoms with Crippen LogP contribution >= 0.6 is 0 Å². The maximum absolute atomic E-state index is 7.27. The fraction of sp³-hybridized carbons (Fsp3) is 0.183. The van der Waals surface area contributed by atoms with Crippen LogP contribution in [0.4, 0.5) is 45.5 Å². The Labute approximate surface area is 747 Å². The average molecular weight is 1650 g/mol.